The average Bonchev–Trinajstić information content (AvgIpc) is 2.44. The fraction of sp³-hybridized carbons (Fsp3) is 0.636. The lowest BCUT2D eigenvalue weighted by Crippen LogP contribution is -2.24. The molecule has 82 valence electrons. The van der Waals surface area contributed by atoms with Gasteiger partial charge in [0.1, 0.15) is 5.82 Å². The van der Waals surface area contributed by atoms with Crippen LogP contribution in [0.15, 0.2) is 6.07 Å². The molecule has 0 bridgehead atoms. The van der Waals surface area contributed by atoms with Crippen LogP contribution in [0.3, 0.4) is 0 Å². The van der Waals surface area contributed by atoms with Gasteiger partial charge >= 0.3 is 0 Å². The van der Waals surface area contributed by atoms with E-state index < -0.39 is 0 Å². The van der Waals surface area contributed by atoms with Crippen LogP contribution in [-0.4, -0.2) is 23.1 Å². The topological polar surface area (TPSA) is 55.0 Å². The van der Waals surface area contributed by atoms with Gasteiger partial charge in [0.2, 0.25) is 5.95 Å². The quantitative estimate of drug-likeness (QED) is 0.758. The van der Waals surface area contributed by atoms with Gasteiger partial charge in [0.05, 0.1) is 0 Å². The van der Waals surface area contributed by atoms with E-state index in [1.807, 2.05) is 13.0 Å². The summed E-state index contributed by atoms with van der Waals surface area (Å²) in [6, 6.07) is 2.00. The first-order valence-electron chi connectivity index (χ1n) is 5.32. The Balaban J connectivity index is 2.24. The van der Waals surface area contributed by atoms with Crippen molar-refractivity contribution in [1.29, 1.82) is 0 Å². The number of nitrogens with zero attached hydrogens (tertiary/aromatic N) is 3. The minimum Gasteiger partial charge on any atom is -0.368 e. The molecular formula is C11H18N4. The van der Waals surface area contributed by atoms with Crippen molar-refractivity contribution >= 4 is 11.8 Å². The number of hydrogen-bond acceptors (Lipinski definition) is 4. The SMILES string of the molecule is Cc1cc(N2CCC(C)(C)C2)nc(N)n1. The summed E-state index contributed by atoms with van der Waals surface area (Å²) >= 11 is 0. The van der Waals surface area contributed by atoms with E-state index in [2.05, 4.69) is 28.7 Å². The van der Waals surface area contributed by atoms with Gasteiger partial charge < -0.3 is 10.6 Å². The van der Waals surface area contributed by atoms with Crippen LogP contribution in [0, 0.1) is 12.3 Å². The van der Waals surface area contributed by atoms with Gasteiger partial charge in [0.25, 0.3) is 0 Å². The Labute approximate surface area is 90.5 Å². The largest absolute Gasteiger partial charge is 0.368 e. The molecule has 4 heteroatoms. The number of hydrogen-bond donors (Lipinski definition) is 1. The number of anilines is 2. The van der Waals surface area contributed by atoms with E-state index in [9.17, 15) is 0 Å². The summed E-state index contributed by atoms with van der Waals surface area (Å²) in [5.74, 6) is 1.33. The number of nitrogens with two attached hydrogens (primary N) is 1. The van der Waals surface area contributed by atoms with Gasteiger partial charge in [-0.15, -0.1) is 0 Å². The molecule has 0 aromatic carbocycles. The molecule has 0 aliphatic carbocycles. The van der Waals surface area contributed by atoms with Gasteiger partial charge in [0.15, 0.2) is 0 Å². The fourth-order valence-electron chi connectivity index (χ4n) is 2.04. The second-order valence-electron chi connectivity index (χ2n) is 5.06. The molecule has 0 spiro atoms. The molecule has 1 fully saturated rings. The fourth-order valence-corrected chi connectivity index (χ4v) is 2.04. The minimum atomic E-state index is 0.370. The van der Waals surface area contributed by atoms with Crippen LogP contribution in [-0.2, 0) is 0 Å². The number of aromatic nitrogens is 2. The standard InChI is InChI=1S/C11H18N4/c1-8-6-9(14-10(12)13-8)15-5-4-11(2,3)7-15/h6H,4-5,7H2,1-3H3,(H2,12,13,14). The Bertz CT molecular complexity index is 353. The Morgan fingerprint density at radius 2 is 2.13 bits per heavy atom. The van der Waals surface area contributed by atoms with E-state index >= 15 is 0 Å². The van der Waals surface area contributed by atoms with E-state index in [4.69, 9.17) is 5.73 Å². The highest BCUT2D eigenvalue weighted by Crippen LogP contribution is 2.31. The van der Waals surface area contributed by atoms with E-state index in [-0.39, 0.29) is 0 Å². The maximum atomic E-state index is 5.65. The van der Waals surface area contributed by atoms with Crippen molar-refractivity contribution in [3.8, 4) is 0 Å². The third kappa shape index (κ3) is 2.19. The van der Waals surface area contributed by atoms with Crippen molar-refractivity contribution in [3.05, 3.63) is 11.8 Å². The first kappa shape index (κ1) is 10.2. The van der Waals surface area contributed by atoms with Gasteiger partial charge in [0, 0.05) is 24.8 Å². The van der Waals surface area contributed by atoms with Crippen molar-refractivity contribution in [1.82, 2.24) is 9.97 Å². The molecule has 4 nitrogen and oxygen atoms in total. The zero-order valence-corrected chi connectivity index (χ0v) is 9.62. The van der Waals surface area contributed by atoms with Crippen LogP contribution < -0.4 is 10.6 Å². The van der Waals surface area contributed by atoms with Gasteiger partial charge in [-0.25, -0.2) is 4.98 Å². The highest BCUT2D eigenvalue weighted by atomic mass is 15.2. The molecule has 1 aliphatic heterocycles. The summed E-state index contributed by atoms with van der Waals surface area (Å²) in [6.45, 7) is 8.61. The highest BCUT2D eigenvalue weighted by Gasteiger charge is 2.30. The van der Waals surface area contributed by atoms with Gasteiger partial charge in [-0.1, -0.05) is 13.8 Å². The Hall–Kier alpha value is -1.32. The Morgan fingerprint density at radius 3 is 2.67 bits per heavy atom. The number of rotatable bonds is 1. The van der Waals surface area contributed by atoms with Crippen LogP contribution >= 0.6 is 0 Å². The summed E-state index contributed by atoms with van der Waals surface area (Å²) in [7, 11) is 0. The van der Waals surface area contributed by atoms with Crippen molar-refractivity contribution in [2.24, 2.45) is 5.41 Å². The predicted molar refractivity (Wildman–Crippen MR) is 61.8 cm³/mol. The maximum absolute atomic E-state index is 5.65. The van der Waals surface area contributed by atoms with Crippen LogP contribution in [0.1, 0.15) is 26.0 Å². The average molecular weight is 206 g/mol. The molecule has 2 heterocycles. The molecule has 0 amide bonds. The summed E-state index contributed by atoms with van der Waals surface area (Å²) in [6.07, 6.45) is 1.20. The van der Waals surface area contributed by atoms with Crippen LogP contribution in [0.5, 0.6) is 0 Å². The molecular weight excluding hydrogens is 188 g/mol. The summed E-state index contributed by atoms with van der Waals surface area (Å²) < 4.78 is 0. The van der Waals surface area contributed by atoms with Crippen molar-refractivity contribution in [3.63, 3.8) is 0 Å². The van der Waals surface area contributed by atoms with Crippen LogP contribution in [0.2, 0.25) is 0 Å². The summed E-state index contributed by atoms with van der Waals surface area (Å²) in [5, 5.41) is 0. The zero-order chi connectivity index (χ0) is 11.1. The molecule has 2 N–H and O–H groups in total. The van der Waals surface area contributed by atoms with E-state index in [1.165, 1.54) is 6.42 Å². The number of nitrogen functional groups attached to an aromatic ring is 1. The lowest BCUT2D eigenvalue weighted by molar-refractivity contribution is 0.418. The Morgan fingerprint density at radius 1 is 1.40 bits per heavy atom. The lowest BCUT2D eigenvalue weighted by atomic mass is 9.93. The molecule has 1 aromatic rings. The third-order valence-electron chi connectivity index (χ3n) is 2.86. The lowest BCUT2D eigenvalue weighted by Gasteiger charge is -2.20. The molecule has 0 atom stereocenters. The first-order valence-corrected chi connectivity index (χ1v) is 5.32. The summed E-state index contributed by atoms with van der Waals surface area (Å²) in [4.78, 5) is 10.6. The molecule has 1 saturated heterocycles. The second-order valence-corrected chi connectivity index (χ2v) is 5.06. The molecule has 2 rings (SSSR count). The monoisotopic (exact) mass is 206 g/mol. The van der Waals surface area contributed by atoms with Crippen LogP contribution in [0.25, 0.3) is 0 Å². The second kappa shape index (κ2) is 3.36. The Kier molecular flexibility index (Phi) is 2.29. The summed E-state index contributed by atoms with van der Waals surface area (Å²) in [5.41, 5.74) is 6.96. The van der Waals surface area contributed by atoms with E-state index in [0.29, 0.717) is 11.4 Å². The van der Waals surface area contributed by atoms with Crippen LogP contribution in [0.4, 0.5) is 11.8 Å². The molecule has 1 aromatic heterocycles. The normalized spacial score (nSPS) is 19.5. The number of aryl methyl sites for hydroxylation is 1. The smallest absolute Gasteiger partial charge is 0.222 e. The van der Waals surface area contributed by atoms with Gasteiger partial charge in [-0.2, -0.15) is 4.98 Å². The molecule has 0 unspecified atom stereocenters. The van der Waals surface area contributed by atoms with E-state index in [1.54, 1.807) is 0 Å². The highest BCUT2D eigenvalue weighted by molar-refractivity contribution is 5.44. The molecule has 1 aliphatic rings. The first-order chi connectivity index (χ1) is 6.96. The van der Waals surface area contributed by atoms with E-state index in [0.717, 1.165) is 24.6 Å². The van der Waals surface area contributed by atoms with Gasteiger partial charge in [-0.05, 0) is 18.8 Å². The van der Waals surface area contributed by atoms with Crippen molar-refractivity contribution in [2.75, 3.05) is 23.7 Å². The molecule has 0 saturated carbocycles. The predicted octanol–water partition coefficient (Wildman–Crippen LogP) is 1.60. The van der Waals surface area contributed by atoms with Crippen molar-refractivity contribution < 1.29 is 0 Å². The minimum absolute atomic E-state index is 0.370. The third-order valence-corrected chi connectivity index (χ3v) is 2.86. The van der Waals surface area contributed by atoms with Crippen molar-refractivity contribution in [2.45, 2.75) is 27.2 Å². The zero-order valence-electron chi connectivity index (χ0n) is 9.62. The molecule has 0 radical (unpaired) electrons. The van der Waals surface area contributed by atoms with Gasteiger partial charge in [-0.3, -0.25) is 0 Å². The molecule has 15 heavy (non-hydrogen) atoms. The maximum Gasteiger partial charge on any atom is 0.222 e.